The zero-order valence-corrected chi connectivity index (χ0v) is 8.52. The summed E-state index contributed by atoms with van der Waals surface area (Å²) < 4.78 is 0. The SMILES string of the molecule is CC[C@@H](CCCCNC)C(C)=O. The summed E-state index contributed by atoms with van der Waals surface area (Å²) in [7, 11) is 1.96. The molecule has 0 saturated heterocycles. The maximum Gasteiger partial charge on any atom is 0.132 e. The van der Waals surface area contributed by atoms with Crippen molar-refractivity contribution in [3.05, 3.63) is 0 Å². The van der Waals surface area contributed by atoms with Crippen molar-refractivity contribution >= 4 is 5.78 Å². The van der Waals surface area contributed by atoms with E-state index in [4.69, 9.17) is 0 Å². The number of carbonyl (C=O) groups excluding carboxylic acids is 1. The van der Waals surface area contributed by atoms with Gasteiger partial charge in [-0.2, -0.15) is 0 Å². The van der Waals surface area contributed by atoms with E-state index in [-0.39, 0.29) is 0 Å². The topological polar surface area (TPSA) is 29.1 Å². The van der Waals surface area contributed by atoms with Gasteiger partial charge in [0, 0.05) is 5.92 Å². The number of Topliss-reactive ketones (excluding diaryl/α,β-unsaturated/α-hetero) is 1. The Morgan fingerprint density at radius 3 is 2.50 bits per heavy atom. The predicted molar refractivity (Wildman–Crippen MR) is 52.2 cm³/mol. The van der Waals surface area contributed by atoms with Crippen LogP contribution in [0.25, 0.3) is 0 Å². The van der Waals surface area contributed by atoms with Gasteiger partial charge in [-0.25, -0.2) is 0 Å². The van der Waals surface area contributed by atoms with Crippen LogP contribution in [0.2, 0.25) is 0 Å². The van der Waals surface area contributed by atoms with Crippen molar-refractivity contribution in [3.63, 3.8) is 0 Å². The molecule has 0 aromatic rings. The molecule has 0 unspecified atom stereocenters. The summed E-state index contributed by atoms with van der Waals surface area (Å²) in [6.07, 6.45) is 4.40. The fourth-order valence-corrected chi connectivity index (χ4v) is 1.39. The Bertz CT molecular complexity index is 123. The lowest BCUT2D eigenvalue weighted by Crippen LogP contribution is -2.11. The summed E-state index contributed by atoms with van der Waals surface area (Å²) in [6, 6.07) is 0. The van der Waals surface area contributed by atoms with Gasteiger partial charge in [0.1, 0.15) is 5.78 Å². The predicted octanol–water partition coefficient (Wildman–Crippen LogP) is 1.99. The summed E-state index contributed by atoms with van der Waals surface area (Å²) in [5.74, 6) is 0.656. The summed E-state index contributed by atoms with van der Waals surface area (Å²) in [5.41, 5.74) is 0. The molecule has 0 aliphatic heterocycles. The molecule has 2 nitrogen and oxygen atoms in total. The number of rotatable bonds is 7. The van der Waals surface area contributed by atoms with Crippen LogP contribution in [0.1, 0.15) is 39.5 Å². The first-order valence-corrected chi connectivity index (χ1v) is 4.87. The zero-order chi connectivity index (χ0) is 9.40. The Morgan fingerprint density at radius 1 is 1.42 bits per heavy atom. The molecule has 72 valence electrons. The van der Waals surface area contributed by atoms with Crippen molar-refractivity contribution in [2.45, 2.75) is 39.5 Å². The van der Waals surface area contributed by atoms with Gasteiger partial charge in [0.25, 0.3) is 0 Å². The van der Waals surface area contributed by atoms with E-state index in [1.165, 1.54) is 12.8 Å². The molecule has 0 fully saturated rings. The van der Waals surface area contributed by atoms with E-state index >= 15 is 0 Å². The highest BCUT2D eigenvalue weighted by Gasteiger charge is 2.10. The number of nitrogens with one attached hydrogen (secondary N) is 1. The van der Waals surface area contributed by atoms with Crippen molar-refractivity contribution in [1.82, 2.24) is 5.32 Å². The molecule has 0 rings (SSSR count). The molecule has 0 bridgehead atoms. The third-order valence-electron chi connectivity index (χ3n) is 2.30. The van der Waals surface area contributed by atoms with Gasteiger partial charge >= 0.3 is 0 Å². The third-order valence-corrected chi connectivity index (χ3v) is 2.30. The first-order valence-electron chi connectivity index (χ1n) is 4.87. The Morgan fingerprint density at radius 2 is 2.08 bits per heavy atom. The summed E-state index contributed by atoms with van der Waals surface area (Å²) in [4.78, 5) is 11.0. The van der Waals surface area contributed by atoms with Crippen molar-refractivity contribution < 1.29 is 4.79 Å². The molecule has 2 heteroatoms. The summed E-state index contributed by atoms with van der Waals surface area (Å²) in [6.45, 7) is 4.85. The minimum absolute atomic E-state index is 0.307. The molecule has 0 aromatic carbocycles. The highest BCUT2D eigenvalue weighted by atomic mass is 16.1. The molecular weight excluding hydrogens is 150 g/mol. The third kappa shape index (κ3) is 5.30. The minimum Gasteiger partial charge on any atom is -0.320 e. The number of hydrogen-bond donors (Lipinski definition) is 1. The van der Waals surface area contributed by atoms with Crippen LogP contribution in [-0.4, -0.2) is 19.4 Å². The molecule has 0 spiro atoms. The monoisotopic (exact) mass is 171 g/mol. The van der Waals surface area contributed by atoms with Gasteiger partial charge in [-0.3, -0.25) is 4.79 Å². The van der Waals surface area contributed by atoms with Crippen LogP contribution in [0.5, 0.6) is 0 Å². The van der Waals surface area contributed by atoms with Crippen molar-refractivity contribution in [3.8, 4) is 0 Å². The van der Waals surface area contributed by atoms with E-state index in [9.17, 15) is 4.79 Å². The van der Waals surface area contributed by atoms with Gasteiger partial charge in [0.15, 0.2) is 0 Å². The van der Waals surface area contributed by atoms with Gasteiger partial charge in [-0.15, -0.1) is 0 Å². The first-order chi connectivity index (χ1) is 5.72. The van der Waals surface area contributed by atoms with Crippen LogP contribution in [0.15, 0.2) is 0 Å². The normalized spacial score (nSPS) is 12.9. The second-order valence-electron chi connectivity index (χ2n) is 3.32. The lowest BCUT2D eigenvalue weighted by Gasteiger charge is -2.09. The van der Waals surface area contributed by atoms with E-state index < -0.39 is 0 Å². The molecule has 1 atom stereocenters. The Kier molecular flexibility index (Phi) is 7.06. The molecule has 0 aromatic heterocycles. The van der Waals surface area contributed by atoms with Crippen LogP contribution in [0.3, 0.4) is 0 Å². The molecule has 0 heterocycles. The maximum absolute atomic E-state index is 11.0. The van der Waals surface area contributed by atoms with E-state index in [1.807, 2.05) is 7.05 Å². The molecule has 0 saturated carbocycles. The van der Waals surface area contributed by atoms with Gasteiger partial charge in [0.05, 0.1) is 0 Å². The van der Waals surface area contributed by atoms with E-state index in [0.29, 0.717) is 11.7 Å². The Labute approximate surface area is 75.7 Å². The van der Waals surface area contributed by atoms with E-state index in [1.54, 1.807) is 6.92 Å². The maximum atomic E-state index is 11.0. The number of carbonyl (C=O) groups is 1. The second kappa shape index (κ2) is 7.29. The standard InChI is InChI=1S/C10H21NO/c1-4-10(9(2)12)7-5-6-8-11-3/h10-11H,4-8H2,1-3H3/t10-/m0/s1. The average Bonchev–Trinajstić information content (AvgIpc) is 2.04. The Balaban J connectivity index is 3.38. The average molecular weight is 171 g/mol. The number of ketones is 1. The van der Waals surface area contributed by atoms with Crippen LogP contribution in [0, 0.1) is 5.92 Å². The molecule has 0 radical (unpaired) electrons. The lowest BCUT2D eigenvalue weighted by molar-refractivity contribution is -0.121. The fourth-order valence-electron chi connectivity index (χ4n) is 1.39. The van der Waals surface area contributed by atoms with Crippen molar-refractivity contribution in [1.29, 1.82) is 0 Å². The Hall–Kier alpha value is -0.370. The molecular formula is C10H21NO. The molecule has 1 N–H and O–H groups in total. The quantitative estimate of drug-likeness (QED) is 0.593. The van der Waals surface area contributed by atoms with Gasteiger partial charge < -0.3 is 5.32 Å². The van der Waals surface area contributed by atoms with E-state index in [2.05, 4.69) is 12.2 Å². The van der Waals surface area contributed by atoms with Gasteiger partial charge in [-0.05, 0) is 39.8 Å². The molecule has 0 aliphatic rings. The molecule has 12 heavy (non-hydrogen) atoms. The second-order valence-corrected chi connectivity index (χ2v) is 3.32. The summed E-state index contributed by atoms with van der Waals surface area (Å²) >= 11 is 0. The fraction of sp³-hybridized carbons (Fsp3) is 0.900. The molecule has 0 amide bonds. The first kappa shape index (κ1) is 11.6. The van der Waals surface area contributed by atoms with Crippen LogP contribution in [-0.2, 0) is 4.79 Å². The largest absolute Gasteiger partial charge is 0.320 e. The molecule has 0 aliphatic carbocycles. The smallest absolute Gasteiger partial charge is 0.132 e. The zero-order valence-electron chi connectivity index (χ0n) is 8.52. The highest BCUT2D eigenvalue weighted by Crippen LogP contribution is 2.12. The van der Waals surface area contributed by atoms with Crippen LogP contribution < -0.4 is 5.32 Å². The van der Waals surface area contributed by atoms with Gasteiger partial charge in [0.2, 0.25) is 0 Å². The van der Waals surface area contributed by atoms with Crippen molar-refractivity contribution in [2.24, 2.45) is 5.92 Å². The highest BCUT2D eigenvalue weighted by molar-refractivity contribution is 5.78. The lowest BCUT2D eigenvalue weighted by atomic mass is 9.96. The minimum atomic E-state index is 0.307. The van der Waals surface area contributed by atoms with Crippen LogP contribution >= 0.6 is 0 Å². The number of unbranched alkanes of at least 4 members (excludes halogenated alkanes) is 1. The van der Waals surface area contributed by atoms with Crippen molar-refractivity contribution in [2.75, 3.05) is 13.6 Å². The summed E-state index contributed by atoms with van der Waals surface area (Å²) in [5, 5.41) is 3.10. The van der Waals surface area contributed by atoms with Crippen LogP contribution in [0.4, 0.5) is 0 Å². The van der Waals surface area contributed by atoms with E-state index in [0.717, 1.165) is 19.4 Å². The van der Waals surface area contributed by atoms with Gasteiger partial charge in [-0.1, -0.05) is 13.3 Å². The number of hydrogen-bond acceptors (Lipinski definition) is 2.